The molecule has 31 heavy (non-hydrogen) atoms. The van der Waals surface area contributed by atoms with Gasteiger partial charge in [0.05, 0.1) is 11.6 Å². The zero-order chi connectivity index (χ0) is 22.1. The maximum Gasteiger partial charge on any atom is 0.295 e. The molecule has 162 valence electrons. The van der Waals surface area contributed by atoms with E-state index in [-0.39, 0.29) is 18.1 Å². The van der Waals surface area contributed by atoms with E-state index < -0.39 is 17.7 Å². The summed E-state index contributed by atoms with van der Waals surface area (Å²) in [7, 11) is 3.89. The van der Waals surface area contributed by atoms with Gasteiger partial charge in [-0.05, 0) is 63.0 Å². The lowest BCUT2D eigenvalue weighted by Gasteiger charge is -2.26. The van der Waals surface area contributed by atoms with Crippen LogP contribution in [0.2, 0.25) is 5.02 Å². The Hall–Kier alpha value is -3.03. The molecule has 2 aromatic carbocycles. The van der Waals surface area contributed by atoms with Gasteiger partial charge < -0.3 is 24.4 Å². The fourth-order valence-electron chi connectivity index (χ4n) is 3.89. The number of halogens is 1. The number of hydrogen-bond acceptors (Lipinski definition) is 6. The van der Waals surface area contributed by atoms with Crippen LogP contribution >= 0.6 is 11.6 Å². The molecule has 0 radical (unpaired) electrons. The van der Waals surface area contributed by atoms with Crippen LogP contribution in [-0.2, 0) is 9.59 Å². The van der Waals surface area contributed by atoms with Gasteiger partial charge in [-0.2, -0.15) is 0 Å². The number of hydrogen-bond donors (Lipinski definition) is 1. The molecule has 0 unspecified atom stereocenters. The predicted octanol–water partition coefficient (Wildman–Crippen LogP) is 3.44. The van der Waals surface area contributed by atoms with Crippen molar-refractivity contribution >= 4 is 29.1 Å². The molecule has 2 aliphatic rings. The summed E-state index contributed by atoms with van der Waals surface area (Å²) < 4.78 is 10.7. The van der Waals surface area contributed by atoms with Gasteiger partial charge in [0.1, 0.15) is 5.76 Å². The van der Waals surface area contributed by atoms with Crippen molar-refractivity contribution in [3.8, 4) is 11.5 Å². The summed E-state index contributed by atoms with van der Waals surface area (Å²) in [6.07, 6.45) is 0.682. The molecule has 1 atom stereocenters. The molecule has 2 aromatic rings. The maximum absolute atomic E-state index is 13.0. The lowest BCUT2D eigenvalue weighted by atomic mass is 9.95. The highest BCUT2D eigenvalue weighted by molar-refractivity contribution is 6.46. The molecule has 7 nitrogen and oxygen atoms in total. The third-order valence-corrected chi connectivity index (χ3v) is 5.59. The fourth-order valence-corrected chi connectivity index (χ4v) is 4.09. The average molecular weight is 443 g/mol. The van der Waals surface area contributed by atoms with Crippen LogP contribution in [0.3, 0.4) is 0 Å². The van der Waals surface area contributed by atoms with E-state index in [4.69, 9.17) is 21.1 Å². The van der Waals surface area contributed by atoms with Crippen molar-refractivity contribution in [1.82, 2.24) is 9.80 Å². The van der Waals surface area contributed by atoms with Crippen LogP contribution in [0.25, 0.3) is 5.76 Å². The van der Waals surface area contributed by atoms with E-state index in [1.807, 2.05) is 19.0 Å². The molecule has 2 aliphatic heterocycles. The number of carbonyl (C=O) groups is 2. The summed E-state index contributed by atoms with van der Waals surface area (Å²) in [4.78, 5) is 29.5. The number of benzene rings is 2. The Morgan fingerprint density at radius 2 is 1.94 bits per heavy atom. The Labute approximate surface area is 185 Å². The van der Waals surface area contributed by atoms with E-state index in [1.165, 1.54) is 4.90 Å². The van der Waals surface area contributed by atoms with Crippen molar-refractivity contribution in [1.29, 1.82) is 0 Å². The molecule has 1 amide bonds. The van der Waals surface area contributed by atoms with Gasteiger partial charge in [0.2, 0.25) is 6.79 Å². The highest BCUT2D eigenvalue weighted by atomic mass is 35.5. The molecule has 4 rings (SSSR count). The monoisotopic (exact) mass is 442 g/mol. The second-order valence-electron chi connectivity index (χ2n) is 7.77. The minimum absolute atomic E-state index is 0.0379. The van der Waals surface area contributed by atoms with Crippen LogP contribution in [0.1, 0.15) is 23.6 Å². The van der Waals surface area contributed by atoms with Gasteiger partial charge in [0, 0.05) is 17.1 Å². The number of fused-ring (bicyclic) bond motifs is 1. The fraction of sp³-hybridized carbons (Fsp3) is 0.304. The van der Waals surface area contributed by atoms with Crippen LogP contribution in [-0.4, -0.2) is 60.6 Å². The molecule has 1 N–H and O–H groups in total. The molecular formula is C23H23ClN2O5. The molecule has 0 spiro atoms. The minimum atomic E-state index is -0.730. The van der Waals surface area contributed by atoms with E-state index in [9.17, 15) is 14.7 Å². The number of amides is 1. The topological polar surface area (TPSA) is 79.3 Å². The third kappa shape index (κ3) is 4.11. The Balaban J connectivity index is 1.79. The average Bonchev–Trinajstić information content (AvgIpc) is 3.30. The van der Waals surface area contributed by atoms with Crippen LogP contribution < -0.4 is 9.47 Å². The molecule has 1 fully saturated rings. The number of ketones is 1. The van der Waals surface area contributed by atoms with Gasteiger partial charge in [0.15, 0.2) is 11.5 Å². The van der Waals surface area contributed by atoms with Crippen molar-refractivity contribution in [2.45, 2.75) is 12.5 Å². The van der Waals surface area contributed by atoms with Gasteiger partial charge >= 0.3 is 0 Å². The summed E-state index contributed by atoms with van der Waals surface area (Å²) in [6.45, 7) is 1.23. The van der Waals surface area contributed by atoms with Gasteiger partial charge in [-0.1, -0.05) is 23.7 Å². The number of ether oxygens (including phenoxy) is 2. The second kappa shape index (κ2) is 8.61. The van der Waals surface area contributed by atoms with E-state index in [1.54, 1.807) is 42.5 Å². The molecule has 0 aromatic heterocycles. The summed E-state index contributed by atoms with van der Waals surface area (Å²) in [5.74, 6) is -0.566. The van der Waals surface area contributed by atoms with Crippen molar-refractivity contribution in [3.05, 3.63) is 64.2 Å². The highest BCUT2D eigenvalue weighted by Gasteiger charge is 2.45. The predicted molar refractivity (Wildman–Crippen MR) is 116 cm³/mol. The molecule has 0 aliphatic carbocycles. The lowest BCUT2D eigenvalue weighted by Crippen LogP contribution is -2.32. The SMILES string of the molecule is CN(C)CCCN1C(=O)C(=O)C(=C(O)c2ccc3c(c2)OCO3)[C@@H]1c1cccc(Cl)c1. The van der Waals surface area contributed by atoms with E-state index in [2.05, 4.69) is 0 Å². The summed E-state index contributed by atoms with van der Waals surface area (Å²) in [6, 6.07) is 11.2. The first-order chi connectivity index (χ1) is 14.9. The van der Waals surface area contributed by atoms with Gasteiger partial charge in [-0.25, -0.2) is 0 Å². The van der Waals surface area contributed by atoms with Crippen molar-refractivity contribution in [3.63, 3.8) is 0 Å². The smallest absolute Gasteiger partial charge is 0.295 e. The molecule has 0 saturated carbocycles. The molecular weight excluding hydrogens is 420 g/mol. The number of rotatable bonds is 6. The first kappa shape index (κ1) is 21.2. The third-order valence-electron chi connectivity index (χ3n) is 5.35. The number of Topliss-reactive ketones (excluding diaryl/α,β-unsaturated/α-hetero) is 1. The van der Waals surface area contributed by atoms with Crippen LogP contribution in [0.5, 0.6) is 11.5 Å². The first-order valence-electron chi connectivity index (χ1n) is 9.95. The molecule has 8 heteroatoms. The normalized spacial score (nSPS) is 19.5. The standard InChI is InChI=1S/C23H23ClN2O5/c1-25(2)9-4-10-26-20(14-5-3-6-16(24)11-14)19(22(28)23(26)29)21(27)15-7-8-17-18(12-15)31-13-30-17/h3,5-8,11-12,20,27H,4,9-10,13H2,1-2H3/t20-/m0/s1. The first-order valence-corrected chi connectivity index (χ1v) is 10.3. The minimum Gasteiger partial charge on any atom is -0.507 e. The molecule has 2 heterocycles. The summed E-state index contributed by atoms with van der Waals surface area (Å²) in [5.41, 5.74) is 1.08. The number of aliphatic hydroxyl groups is 1. The Bertz CT molecular complexity index is 1070. The molecule has 0 bridgehead atoms. The van der Waals surface area contributed by atoms with Gasteiger partial charge in [-0.15, -0.1) is 0 Å². The van der Waals surface area contributed by atoms with E-state index in [0.29, 0.717) is 40.6 Å². The van der Waals surface area contributed by atoms with Crippen molar-refractivity contribution in [2.24, 2.45) is 0 Å². The van der Waals surface area contributed by atoms with Crippen molar-refractivity contribution in [2.75, 3.05) is 34.0 Å². The Morgan fingerprint density at radius 1 is 1.16 bits per heavy atom. The molecule has 1 saturated heterocycles. The second-order valence-corrected chi connectivity index (χ2v) is 8.21. The number of carbonyl (C=O) groups excluding carboxylic acids is 2. The number of likely N-dealkylation sites (tertiary alicyclic amines) is 1. The van der Waals surface area contributed by atoms with Crippen molar-refractivity contribution < 1.29 is 24.2 Å². The lowest BCUT2D eigenvalue weighted by molar-refractivity contribution is -0.139. The van der Waals surface area contributed by atoms with E-state index >= 15 is 0 Å². The quantitative estimate of drug-likeness (QED) is 0.419. The summed E-state index contributed by atoms with van der Waals surface area (Å²) >= 11 is 6.19. The zero-order valence-electron chi connectivity index (χ0n) is 17.3. The largest absolute Gasteiger partial charge is 0.507 e. The summed E-state index contributed by atoms with van der Waals surface area (Å²) in [5, 5.41) is 11.6. The highest BCUT2D eigenvalue weighted by Crippen LogP contribution is 2.41. The number of nitrogens with zero attached hydrogens (tertiary/aromatic N) is 2. The Kier molecular flexibility index (Phi) is 5.89. The Morgan fingerprint density at radius 3 is 2.68 bits per heavy atom. The van der Waals surface area contributed by atoms with Gasteiger partial charge in [0.25, 0.3) is 11.7 Å². The van der Waals surface area contributed by atoms with Crippen LogP contribution in [0, 0.1) is 0 Å². The van der Waals surface area contributed by atoms with Gasteiger partial charge in [-0.3, -0.25) is 9.59 Å². The zero-order valence-corrected chi connectivity index (χ0v) is 18.1. The van der Waals surface area contributed by atoms with Crippen LogP contribution in [0.15, 0.2) is 48.0 Å². The van der Waals surface area contributed by atoms with E-state index in [0.717, 1.165) is 6.54 Å². The maximum atomic E-state index is 13.0. The van der Waals surface area contributed by atoms with Crippen LogP contribution in [0.4, 0.5) is 0 Å². The number of aliphatic hydroxyl groups excluding tert-OH is 1.